The number of quaternary nitrogens is 1. The molecule has 2 aromatic carbocycles. The summed E-state index contributed by atoms with van der Waals surface area (Å²) < 4.78 is 5.80. The van der Waals surface area contributed by atoms with Gasteiger partial charge in [-0.25, -0.2) is 0 Å². The molecule has 2 N–H and O–H groups in total. The van der Waals surface area contributed by atoms with E-state index in [1.54, 1.807) is 24.3 Å². The van der Waals surface area contributed by atoms with Gasteiger partial charge in [0.15, 0.2) is 0 Å². The number of benzene rings is 2. The number of amides is 1. The monoisotopic (exact) mass is 482 g/mol. The number of nitro benzene ring substituents is 1. The number of ether oxygens (including phenoxy) is 1. The van der Waals surface area contributed by atoms with Crippen molar-refractivity contribution < 1.29 is 29.3 Å². The third kappa shape index (κ3) is 5.68. The number of aryl methyl sites for hydroxylation is 1. The number of rotatable bonds is 9. The van der Waals surface area contributed by atoms with E-state index in [2.05, 4.69) is 0 Å². The third-order valence-electron chi connectivity index (χ3n) is 5.81. The standard InChI is InChI=1S/C26H31N3O6/c1-16(2)15-35-21-10-9-19(13-17(21)3)24(30)22-23(18-7-6-8-20(14-18)29(33)34)28(12-11-27(4)5)26(32)25(22)31/h6-10,13-14,16,23,30H,11-12,15H2,1-5H3/p+1. The van der Waals surface area contributed by atoms with Crippen LogP contribution in [-0.2, 0) is 9.59 Å². The first-order valence-electron chi connectivity index (χ1n) is 11.6. The minimum Gasteiger partial charge on any atom is -0.507 e. The van der Waals surface area contributed by atoms with Crippen molar-refractivity contribution in [3.05, 3.63) is 74.8 Å². The Balaban J connectivity index is 2.11. The van der Waals surface area contributed by atoms with E-state index in [0.717, 1.165) is 10.5 Å². The lowest BCUT2D eigenvalue weighted by Crippen LogP contribution is -3.06. The number of nitrogens with zero attached hydrogens (tertiary/aromatic N) is 2. The maximum absolute atomic E-state index is 13.1. The van der Waals surface area contributed by atoms with E-state index < -0.39 is 22.7 Å². The van der Waals surface area contributed by atoms with E-state index in [0.29, 0.717) is 35.9 Å². The average Bonchev–Trinajstić information content (AvgIpc) is 3.06. The summed E-state index contributed by atoms with van der Waals surface area (Å²) in [5.74, 6) is -0.862. The molecule has 1 unspecified atom stereocenters. The Bertz CT molecular complexity index is 1170. The van der Waals surface area contributed by atoms with Crippen molar-refractivity contribution in [2.45, 2.75) is 26.8 Å². The number of carbonyl (C=O) groups is 2. The molecule has 0 radical (unpaired) electrons. The summed E-state index contributed by atoms with van der Waals surface area (Å²) in [6.45, 7) is 7.26. The molecule has 1 aliphatic rings. The van der Waals surface area contributed by atoms with Gasteiger partial charge < -0.3 is 19.6 Å². The highest BCUT2D eigenvalue weighted by atomic mass is 16.6. The van der Waals surface area contributed by atoms with Crippen molar-refractivity contribution in [2.24, 2.45) is 5.92 Å². The highest BCUT2D eigenvalue weighted by Crippen LogP contribution is 2.40. The molecule has 1 amide bonds. The molecule has 1 fully saturated rings. The molecule has 9 heteroatoms. The molecule has 1 heterocycles. The smallest absolute Gasteiger partial charge is 0.295 e. The molecule has 1 atom stereocenters. The molecule has 2 aromatic rings. The number of Topliss-reactive ketones (excluding diaryl/α,β-unsaturated/α-hetero) is 1. The van der Waals surface area contributed by atoms with Gasteiger partial charge in [0.05, 0.1) is 50.3 Å². The van der Waals surface area contributed by atoms with Crippen molar-refractivity contribution in [1.82, 2.24) is 4.90 Å². The van der Waals surface area contributed by atoms with E-state index in [9.17, 15) is 24.8 Å². The van der Waals surface area contributed by atoms with Crippen molar-refractivity contribution in [2.75, 3.05) is 33.8 Å². The van der Waals surface area contributed by atoms with Crippen LogP contribution in [0.2, 0.25) is 0 Å². The van der Waals surface area contributed by atoms with Crippen molar-refractivity contribution in [3.63, 3.8) is 0 Å². The highest BCUT2D eigenvalue weighted by molar-refractivity contribution is 6.46. The number of non-ortho nitro benzene ring substituents is 1. The highest BCUT2D eigenvalue weighted by Gasteiger charge is 2.46. The van der Waals surface area contributed by atoms with Gasteiger partial charge in [-0.15, -0.1) is 0 Å². The Morgan fingerprint density at radius 1 is 1.20 bits per heavy atom. The average molecular weight is 483 g/mol. The normalized spacial score (nSPS) is 17.5. The summed E-state index contributed by atoms with van der Waals surface area (Å²) in [6, 6.07) is 9.95. The van der Waals surface area contributed by atoms with Crippen molar-refractivity contribution in [1.29, 1.82) is 0 Å². The predicted molar refractivity (Wildman–Crippen MR) is 131 cm³/mol. The first-order chi connectivity index (χ1) is 16.5. The number of hydrogen-bond acceptors (Lipinski definition) is 6. The number of carbonyl (C=O) groups excluding carboxylic acids is 2. The molecule has 0 bridgehead atoms. The largest absolute Gasteiger partial charge is 0.507 e. The molecule has 0 aromatic heterocycles. The molecule has 1 aliphatic heterocycles. The molecular formula is C26H32N3O6+. The number of likely N-dealkylation sites (tertiary alicyclic amines) is 1. The molecular weight excluding hydrogens is 450 g/mol. The summed E-state index contributed by atoms with van der Waals surface area (Å²) in [5.41, 5.74) is 1.29. The molecule has 0 saturated carbocycles. The second kappa shape index (κ2) is 10.7. The maximum Gasteiger partial charge on any atom is 0.295 e. The van der Waals surface area contributed by atoms with Gasteiger partial charge in [-0.05, 0) is 42.2 Å². The number of nitro groups is 1. The van der Waals surface area contributed by atoms with Gasteiger partial charge in [-0.3, -0.25) is 19.7 Å². The van der Waals surface area contributed by atoms with E-state index in [1.807, 2.05) is 34.9 Å². The number of likely N-dealkylation sites (N-methyl/N-ethyl adjacent to an activating group) is 1. The summed E-state index contributed by atoms with van der Waals surface area (Å²) in [6.07, 6.45) is 0. The van der Waals surface area contributed by atoms with Gasteiger partial charge in [-0.1, -0.05) is 26.0 Å². The second-order valence-electron chi connectivity index (χ2n) is 9.49. The SMILES string of the molecule is Cc1cc(C(O)=C2C(=O)C(=O)N(CC[NH+](C)C)C2c2cccc([N+](=O)[O-])c2)ccc1OCC(C)C. The van der Waals surface area contributed by atoms with E-state index in [1.165, 1.54) is 23.1 Å². The van der Waals surface area contributed by atoms with Gasteiger partial charge >= 0.3 is 0 Å². The first kappa shape index (κ1) is 25.9. The fraction of sp³-hybridized carbons (Fsp3) is 0.385. The minimum absolute atomic E-state index is 0.0838. The summed E-state index contributed by atoms with van der Waals surface area (Å²) in [5, 5.41) is 22.6. The molecule has 3 rings (SSSR count). The number of ketones is 1. The fourth-order valence-corrected chi connectivity index (χ4v) is 3.98. The van der Waals surface area contributed by atoms with Gasteiger partial charge in [0, 0.05) is 17.7 Å². The summed E-state index contributed by atoms with van der Waals surface area (Å²) in [4.78, 5) is 39.4. The molecule has 0 spiro atoms. The van der Waals surface area contributed by atoms with Gasteiger partial charge in [-0.2, -0.15) is 0 Å². The lowest BCUT2D eigenvalue weighted by Gasteiger charge is -2.25. The van der Waals surface area contributed by atoms with E-state index in [-0.39, 0.29) is 23.6 Å². The van der Waals surface area contributed by atoms with Crippen LogP contribution >= 0.6 is 0 Å². The van der Waals surface area contributed by atoms with Crippen molar-refractivity contribution >= 4 is 23.1 Å². The van der Waals surface area contributed by atoms with E-state index >= 15 is 0 Å². The first-order valence-corrected chi connectivity index (χ1v) is 11.6. The zero-order valence-corrected chi connectivity index (χ0v) is 20.7. The van der Waals surface area contributed by atoms with Gasteiger partial charge in [0.25, 0.3) is 17.4 Å². The molecule has 186 valence electrons. The molecule has 9 nitrogen and oxygen atoms in total. The van der Waals surface area contributed by atoms with Gasteiger partial charge in [0.2, 0.25) is 0 Å². The number of nitrogens with one attached hydrogen (secondary N) is 1. The molecule has 1 saturated heterocycles. The lowest BCUT2D eigenvalue weighted by molar-refractivity contribution is -0.857. The van der Waals surface area contributed by atoms with E-state index in [4.69, 9.17) is 4.74 Å². The Morgan fingerprint density at radius 3 is 2.51 bits per heavy atom. The minimum atomic E-state index is -0.938. The topological polar surface area (TPSA) is 114 Å². The lowest BCUT2D eigenvalue weighted by atomic mass is 9.94. The maximum atomic E-state index is 13.1. The summed E-state index contributed by atoms with van der Waals surface area (Å²) >= 11 is 0. The van der Waals surface area contributed by atoms with Crippen LogP contribution in [0.15, 0.2) is 48.0 Å². The van der Waals surface area contributed by atoms with Crippen LogP contribution in [0.1, 0.15) is 36.6 Å². The summed E-state index contributed by atoms with van der Waals surface area (Å²) in [7, 11) is 3.84. The third-order valence-corrected chi connectivity index (χ3v) is 5.81. The molecule has 35 heavy (non-hydrogen) atoms. The quantitative estimate of drug-likeness (QED) is 0.187. The Kier molecular flexibility index (Phi) is 7.91. The van der Waals surface area contributed by atoms with Crippen LogP contribution in [0.25, 0.3) is 5.76 Å². The van der Waals surface area contributed by atoms with Crippen LogP contribution < -0.4 is 9.64 Å². The van der Waals surface area contributed by atoms with Crippen molar-refractivity contribution in [3.8, 4) is 5.75 Å². The zero-order valence-electron chi connectivity index (χ0n) is 20.7. The predicted octanol–water partition coefficient (Wildman–Crippen LogP) is 2.50. The number of aliphatic hydroxyl groups excluding tert-OH is 1. The van der Waals surface area contributed by atoms with Gasteiger partial charge in [0.1, 0.15) is 11.5 Å². The van der Waals surface area contributed by atoms with Crippen LogP contribution in [0.5, 0.6) is 5.75 Å². The second-order valence-corrected chi connectivity index (χ2v) is 9.49. The van der Waals surface area contributed by atoms with Crippen LogP contribution in [0, 0.1) is 23.0 Å². The van der Waals surface area contributed by atoms with Crippen LogP contribution in [-0.4, -0.2) is 60.4 Å². The Morgan fingerprint density at radius 2 is 1.91 bits per heavy atom. The number of aliphatic hydroxyl groups is 1. The Hall–Kier alpha value is -3.72. The fourth-order valence-electron chi connectivity index (χ4n) is 3.98. The van der Waals surface area contributed by atoms with Crippen LogP contribution in [0.4, 0.5) is 5.69 Å². The Labute approximate surface area is 204 Å². The zero-order chi connectivity index (χ0) is 25.9. The molecule has 0 aliphatic carbocycles. The van der Waals surface area contributed by atoms with Crippen LogP contribution in [0.3, 0.4) is 0 Å². The number of hydrogen-bond donors (Lipinski definition) is 2.